The SMILES string of the molecule is CCCCCCCCCCCc1ccc2cc(N)ccc2c1N. The molecule has 0 saturated carbocycles. The van der Waals surface area contributed by atoms with E-state index in [1.54, 1.807) is 0 Å². The summed E-state index contributed by atoms with van der Waals surface area (Å²) in [7, 11) is 0. The van der Waals surface area contributed by atoms with Gasteiger partial charge in [0.05, 0.1) is 0 Å². The first-order valence-corrected chi connectivity index (χ1v) is 9.29. The van der Waals surface area contributed by atoms with Gasteiger partial charge in [0, 0.05) is 16.8 Å². The molecule has 23 heavy (non-hydrogen) atoms. The average molecular weight is 313 g/mol. The number of rotatable bonds is 10. The topological polar surface area (TPSA) is 52.0 Å². The number of hydrogen-bond donors (Lipinski definition) is 2. The molecule has 0 saturated heterocycles. The lowest BCUT2D eigenvalue weighted by Crippen LogP contribution is -1.97. The number of hydrogen-bond acceptors (Lipinski definition) is 2. The van der Waals surface area contributed by atoms with E-state index in [9.17, 15) is 0 Å². The van der Waals surface area contributed by atoms with Crippen LogP contribution in [0, 0.1) is 0 Å². The van der Waals surface area contributed by atoms with Crippen molar-refractivity contribution in [1.82, 2.24) is 0 Å². The van der Waals surface area contributed by atoms with Gasteiger partial charge in [0.15, 0.2) is 0 Å². The van der Waals surface area contributed by atoms with Gasteiger partial charge in [-0.05, 0) is 35.9 Å². The second-order valence-electron chi connectivity index (χ2n) is 6.70. The number of unbranched alkanes of at least 4 members (excludes halogenated alkanes) is 8. The van der Waals surface area contributed by atoms with Gasteiger partial charge in [0.25, 0.3) is 0 Å². The van der Waals surface area contributed by atoms with Crippen LogP contribution in [0.2, 0.25) is 0 Å². The molecule has 0 aromatic heterocycles. The quantitative estimate of drug-likeness (QED) is 0.413. The van der Waals surface area contributed by atoms with Gasteiger partial charge in [0.1, 0.15) is 0 Å². The molecule has 2 aromatic carbocycles. The van der Waals surface area contributed by atoms with Crippen molar-refractivity contribution in [3.8, 4) is 0 Å². The molecule has 4 N–H and O–H groups in total. The van der Waals surface area contributed by atoms with Crippen molar-refractivity contribution >= 4 is 22.1 Å². The summed E-state index contributed by atoms with van der Waals surface area (Å²) in [6.45, 7) is 2.27. The van der Waals surface area contributed by atoms with Crippen molar-refractivity contribution in [2.75, 3.05) is 11.5 Å². The lowest BCUT2D eigenvalue weighted by molar-refractivity contribution is 0.565. The molecule has 2 nitrogen and oxygen atoms in total. The van der Waals surface area contributed by atoms with E-state index < -0.39 is 0 Å². The Morgan fingerprint density at radius 1 is 0.739 bits per heavy atom. The molecule has 0 heterocycles. The first kappa shape index (κ1) is 17.7. The number of anilines is 2. The molecule has 0 bridgehead atoms. The van der Waals surface area contributed by atoms with Crippen LogP contribution in [0.1, 0.15) is 70.3 Å². The van der Waals surface area contributed by atoms with E-state index >= 15 is 0 Å². The molecule has 0 radical (unpaired) electrons. The Labute approximate surface area is 141 Å². The third-order valence-electron chi connectivity index (χ3n) is 4.73. The highest BCUT2D eigenvalue weighted by atomic mass is 14.6. The summed E-state index contributed by atoms with van der Waals surface area (Å²) < 4.78 is 0. The summed E-state index contributed by atoms with van der Waals surface area (Å²) in [4.78, 5) is 0. The maximum absolute atomic E-state index is 6.34. The molecule has 2 rings (SSSR count). The average Bonchev–Trinajstić information content (AvgIpc) is 2.55. The van der Waals surface area contributed by atoms with E-state index in [4.69, 9.17) is 11.5 Å². The Kier molecular flexibility index (Phi) is 7.25. The van der Waals surface area contributed by atoms with Crippen molar-refractivity contribution < 1.29 is 0 Å². The largest absolute Gasteiger partial charge is 0.399 e. The van der Waals surface area contributed by atoms with E-state index in [0.717, 1.165) is 28.6 Å². The van der Waals surface area contributed by atoms with Crippen LogP contribution >= 0.6 is 0 Å². The molecule has 0 atom stereocenters. The van der Waals surface area contributed by atoms with Crippen molar-refractivity contribution in [1.29, 1.82) is 0 Å². The molecule has 0 unspecified atom stereocenters. The fraction of sp³-hybridized carbons (Fsp3) is 0.524. The summed E-state index contributed by atoms with van der Waals surface area (Å²) >= 11 is 0. The maximum Gasteiger partial charge on any atom is 0.0426 e. The van der Waals surface area contributed by atoms with Gasteiger partial charge in [-0.3, -0.25) is 0 Å². The maximum atomic E-state index is 6.34. The molecule has 0 aliphatic heterocycles. The van der Waals surface area contributed by atoms with Crippen LogP contribution in [0.15, 0.2) is 30.3 Å². The molecule has 0 fully saturated rings. The van der Waals surface area contributed by atoms with Crippen LogP contribution in [0.5, 0.6) is 0 Å². The summed E-state index contributed by atoms with van der Waals surface area (Å²) in [6.07, 6.45) is 13.3. The predicted molar refractivity (Wildman–Crippen MR) is 104 cm³/mol. The van der Waals surface area contributed by atoms with Crippen LogP contribution in [-0.2, 0) is 6.42 Å². The van der Waals surface area contributed by atoms with Gasteiger partial charge in [0.2, 0.25) is 0 Å². The molecule has 0 aliphatic rings. The summed E-state index contributed by atoms with van der Waals surface area (Å²) in [5, 5.41) is 2.27. The molecule has 2 aromatic rings. The number of nitrogens with two attached hydrogens (primary N) is 2. The third-order valence-corrected chi connectivity index (χ3v) is 4.73. The second kappa shape index (κ2) is 9.44. The van der Waals surface area contributed by atoms with Crippen molar-refractivity contribution in [3.05, 3.63) is 35.9 Å². The molecule has 126 valence electrons. The summed E-state index contributed by atoms with van der Waals surface area (Å²) in [5.74, 6) is 0. The summed E-state index contributed by atoms with van der Waals surface area (Å²) in [5.41, 5.74) is 15.2. The van der Waals surface area contributed by atoms with Gasteiger partial charge in [-0.2, -0.15) is 0 Å². The highest BCUT2D eigenvalue weighted by Gasteiger charge is 2.05. The molecular formula is C21H32N2. The smallest absolute Gasteiger partial charge is 0.0426 e. The zero-order valence-corrected chi connectivity index (χ0v) is 14.6. The fourth-order valence-electron chi connectivity index (χ4n) is 3.26. The third kappa shape index (κ3) is 5.46. The Balaban J connectivity index is 1.73. The van der Waals surface area contributed by atoms with Gasteiger partial charge >= 0.3 is 0 Å². The lowest BCUT2D eigenvalue weighted by atomic mass is 9.99. The van der Waals surface area contributed by atoms with Crippen molar-refractivity contribution in [2.24, 2.45) is 0 Å². The number of fused-ring (bicyclic) bond motifs is 1. The predicted octanol–water partition coefficient (Wildman–Crippen LogP) is 6.08. The first-order valence-electron chi connectivity index (χ1n) is 9.29. The van der Waals surface area contributed by atoms with Crippen molar-refractivity contribution in [3.63, 3.8) is 0 Å². The Hall–Kier alpha value is -1.70. The minimum Gasteiger partial charge on any atom is -0.399 e. The molecule has 0 amide bonds. The fourth-order valence-corrected chi connectivity index (χ4v) is 3.26. The van der Waals surface area contributed by atoms with E-state index in [-0.39, 0.29) is 0 Å². The van der Waals surface area contributed by atoms with Crippen LogP contribution < -0.4 is 11.5 Å². The van der Waals surface area contributed by atoms with E-state index in [1.165, 1.54) is 63.4 Å². The normalized spacial score (nSPS) is 11.2. The van der Waals surface area contributed by atoms with Crippen LogP contribution in [0.3, 0.4) is 0 Å². The van der Waals surface area contributed by atoms with E-state index in [0.29, 0.717) is 0 Å². The monoisotopic (exact) mass is 312 g/mol. The Morgan fingerprint density at radius 2 is 1.39 bits per heavy atom. The van der Waals surface area contributed by atoms with Crippen LogP contribution in [0.4, 0.5) is 11.4 Å². The molecule has 2 heteroatoms. The zero-order chi connectivity index (χ0) is 16.5. The Bertz CT molecular complexity index is 604. The molecule has 0 spiro atoms. The van der Waals surface area contributed by atoms with Gasteiger partial charge in [-0.1, -0.05) is 76.5 Å². The second-order valence-corrected chi connectivity index (χ2v) is 6.70. The van der Waals surface area contributed by atoms with Gasteiger partial charge < -0.3 is 11.5 Å². The molecule has 0 aliphatic carbocycles. The van der Waals surface area contributed by atoms with Gasteiger partial charge in [-0.25, -0.2) is 0 Å². The van der Waals surface area contributed by atoms with E-state index in [1.807, 2.05) is 18.2 Å². The molecular weight excluding hydrogens is 280 g/mol. The van der Waals surface area contributed by atoms with Crippen LogP contribution in [-0.4, -0.2) is 0 Å². The standard InChI is InChI=1S/C21H32N2/c1-2-3-4-5-6-7-8-9-10-11-17-12-13-18-16-19(22)14-15-20(18)21(17)23/h12-16H,2-11,22-23H2,1H3. The lowest BCUT2D eigenvalue weighted by Gasteiger charge is -2.10. The number of aryl methyl sites for hydroxylation is 1. The van der Waals surface area contributed by atoms with E-state index in [2.05, 4.69) is 19.1 Å². The van der Waals surface area contributed by atoms with Crippen molar-refractivity contribution in [2.45, 2.75) is 71.1 Å². The minimum atomic E-state index is 0.795. The summed E-state index contributed by atoms with van der Waals surface area (Å²) in [6, 6.07) is 10.3. The highest BCUT2D eigenvalue weighted by Crippen LogP contribution is 2.27. The minimum absolute atomic E-state index is 0.795. The number of benzene rings is 2. The highest BCUT2D eigenvalue weighted by molar-refractivity contribution is 5.96. The Morgan fingerprint density at radius 3 is 2.09 bits per heavy atom. The zero-order valence-electron chi connectivity index (χ0n) is 14.6. The first-order chi connectivity index (χ1) is 11.2. The number of nitrogen functional groups attached to an aromatic ring is 2. The van der Waals surface area contributed by atoms with Gasteiger partial charge in [-0.15, -0.1) is 0 Å². The van der Waals surface area contributed by atoms with Crippen LogP contribution in [0.25, 0.3) is 10.8 Å².